The topological polar surface area (TPSA) is 75.1 Å². The molecule has 0 aliphatic rings. The Morgan fingerprint density at radius 2 is 1.97 bits per heavy atom. The fourth-order valence-corrected chi connectivity index (χ4v) is 4.55. The van der Waals surface area contributed by atoms with E-state index in [0.717, 1.165) is 11.7 Å². The largest absolute Gasteiger partial charge is 0.394 e. The Balaban J connectivity index is 2.09. The molecule has 0 aromatic carbocycles. The number of anilines is 1. The van der Waals surface area contributed by atoms with Gasteiger partial charge in [-0.25, -0.2) is 4.39 Å². The van der Waals surface area contributed by atoms with Crippen LogP contribution in [0.1, 0.15) is 25.2 Å². The van der Waals surface area contributed by atoms with E-state index < -0.39 is 13.9 Å². The molecule has 0 fully saturated rings. The molecule has 9 heteroatoms. The molecular weight excluding hydrogens is 447 g/mol. The summed E-state index contributed by atoms with van der Waals surface area (Å²) in [5.74, 6) is -0.0534. The van der Waals surface area contributed by atoms with Crippen LogP contribution in [0.4, 0.5) is 10.1 Å². The number of nitrogen functional groups attached to an aromatic ring is 1. The Bertz CT molecular complexity index is 1170. The Morgan fingerprint density at radius 1 is 1.25 bits per heavy atom. The maximum absolute atomic E-state index is 14.8. The Morgan fingerprint density at radius 3 is 2.62 bits per heavy atom. The number of pyridine rings is 2. The Hall–Kier alpha value is -2.16. The third-order valence-electron chi connectivity index (χ3n) is 5.34. The average molecular weight is 479 g/mol. The van der Waals surface area contributed by atoms with Crippen molar-refractivity contribution < 1.29 is 9.13 Å². The molecule has 0 saturated carbocycles. The molecule has 0 saturated heterocycles. The van der Waals surface area contributed by atoms with Crippen molar-refractivity contribution in [1.82, 2.24) is 14.1 Å². The van der Waals surface area contributed by atoms with Gasteiger partial charge in [-0.15, -0.1) is 0 Å². The summed E-state index contributed by atoms with van der Waals surface area (Å²) in [6.07, 6.45) is 1.97. The minimum Gasteiger partial charge on any atom is -0.394 e. The highest BCUT2D eigenvalue weighted by Gasteiger charge is 2.20. The molecule has 3 aromatic heterocycles. The van der Waals surface area contributed by atoms with Crippen molar-refractivity contribution in [2.75, 3.05) is 12.3 Å². The summed E-state index contributed by atoms with van der Waals surface area (Å²) < 4.78 is 24.1. The van der Waals surface area contributed by atoms with Gasteiger partial charge in [0.05, 0.1) is 29.6 Å². The highest BCUT2D eigenvalue weighted by Crippen LogP contribution is 2.28. The molecule has 0 atom stereocenters. The van der Waals surface area contributed by atoms with Crippen molar-refractivity contribution in [1.29, 1.82) is 0 Å². The van der Waals surface area contributed by atoms with Gasteiger partial charge in [0, 0.05) is 25.8 Å². The first-order valence-corrected chi connectivity index (χ1v) is 14.9. The first-order chi connectivity index (χ1) is 15.0. The van der Waals surface area contributed by atoms with Crippen molar-refractivity contribution in [3.05, 3.63) is 57.1 Å². The number of halogens is 2. The lowest BCUT2D eigenvalue weighted by atomic mass is 10.1. The molecule has 0 radical (unpaired) electrons. The first-order valence-electron chi connectivity index (χ1n) is 10.9. The molecule has 0 spiro atoms. The van der Waals surface area contributed by atoms with Crippen molar-refractivity contribution in [3.8, 4) is 0 Å². The fraction of sp³-hybridized carbons (Fsp3) is 0.478. The van der Waals surface area contributed by atoms with E-state index in [1.54, 1.807) is 12.1 Å². The maximum Gasteiger partial charge on any atom is 0.275 e. The number of hydrogen-bond donors (Lipinski definition) is 1. The van der Waals surface area contributed by atoms with Crippen LogP contribution in [0.2, 0.25) is 30.8 Å². The number of ether oxygens (including phenoxy) is 1. The smallest absolute Gasteiger partial charge is 0.275 e. The van der Waals surface area contributed by atoms with Crippen molar-refractivity contribution in [3.63, 3.8) is 0 Å². The van der Waals surface area contributed by atoms with Crippen LogP contribution >= 0.6 is 11.6 Å². The molecule has 0 aliphatic carbocycles. The molecule has 32 heavy (non-hydrogen) atoms. The predicted molar refractivity (Wildman–Crippen MR) is 132 cm³/mol. The van der Waals surface area contributed by atoms with E-state index in [9.17, 15) is 9.18 Å². The number of nitrogens with two attached hydrogens (primary N) is 1. The third kappa shape index (κ3) is 5.60. The molecule has 3 aromatic rings. The summed E-state index contributed by atoms with van der Waals surface area (Å²) in [5.41, 5.74) is 7.76. The minimum absolute atomic E-state index is 0.108. The average Bonchev–Trinajstić information content (AvgIpc) is 3.06. The van der Waals surface area contributed by atoms with Crippen LogP contribution in [0.25, 0.3) is 10.9 Å². The van der Waals surface area contributed by atoms with Gasteiger partial charge in [-0.3, -0.25) is 14.3 Å². The van der Waals surface area contributed by atoms with E-state index in [1.807, 2.05) is 4.57 Å². The molecular formula is C23H32ClFN4O2Si. The summed E-state index contributed by atoms with van der Waals surface area (Å²) >= 11 is 6.30. The molecule has 3 rings (SSSR count). The van der Waals surface area contributed by atoms with Crippen LogP contribution in [-0.2, 0) is 24.4 Å². The summed E-state index contributed by atoms with van der Waals surface area (Å²) in [7, 11) is -1.25. The molecule has 0 bridgehead atoms. The van der Waals surface area contributed by atoms with E-state index in [-0.39, 0.29) is 29.7 Å². The van der Waals surface area contributed by atoms with Crippen LogP contribution in [0.15, 0.2) is 29.2 Å². The van der Waals surface area contributed by atoms with E-state index in [2.05, 4.69) is 38.5 Å². The van der Waals surface area contributed by atoms with Gasteiger partial charge in [0.25, 0.3) is 5.56 Å². The predicted octanol–water partition coefficient (Wildman–Crippen LogP) is 5.13. The molecule has 6 nitrogen and oxygen atoms in total. The number of rotatable bonds is 9. The second-order valence-corrected chi connectivity index (χ2v) is 15.8. The lowest BCUT2D eigenvalue weighted by molar-refractivity contribution is 0.0881. The molecule has 174 valence electrons. The van der Waals surface area contributed by atoms with Crippen molar-refractivity contribution in [2.24, 2.45) is 5.92 Å². The van der Waals surface area contributed by atoms with Crippen LogP contribution in [-0.4, -0.2) is 28.8 Å². The molecule has 0 amide bonds. The lowest BCUT2D eigenvalue weighted by Crippen LogP contribution is -2.25. The standard InChI is InChI=1S/C23H32ClFN4O2Si/c1-15(2)10-20-22-17(18(25)12-27-20)11-16(29(22)14-31-8-9-32(3,4)5)13-28-21(24)7-6-19(26)23(28)30/h6-7,11-12,15H,8-10,13-14,26H2,1-5H3. The number of aromatic nitrogens is 3. The van der Waals surface area contributed by atoms with Gasteiger partial charge in [0.15, 0.2) is 5.82 Å². The van der Waals surface area contributed by atoms with Gasteiger partial charge < -0.3 is 15.0 Å². The summed E-state index contributed by atoms with van der Waals surface area (Å²) in [5, 5.41) is 0.731. The molecule has 0 aliphatic heterocycles. The zero-order valence-corrected chi connectivity index (χ0v) is 21.2. The summed E-state index contributed by atoms with van der Waals surface area (Å²) in [4.78, 5) is 17.0. The Labute approximate surface area is 194 Å². The van der Waals surface area contributed by atoms with Crippen molar-refractivity contribution >= 4 is 36.3 Å². The first kappa shape index (κ1) is 24.5. The fourth-order valence-electron chi connectivity index (χ4n) is 3.59. The minimum atomic E-state index is -1.25. The monoisotopic (exact) mass is 478 g/mol. The van der Waals surface area contributed by atoms with Crippen LogP contribution in [0.5, 0.6) is 0 Å². The second kappa shape index (κ2) is 9.76. The van der Waals surface area contributed by atoms with Crippen LogP contribution in [0.3, 0.4) is 0 Å². The molecule has 3 heterocycles. The van der Waals surface area contributed by atoms with Gasteiger partial charge in [0.2, 0.25) is 0 Å². The Kier molecular flexibility index (Phi) is 7.47. The van der Waals surface area contributed by atoms with Gasteiger partial charge in [-0.05, 0) is 36.6 Å². The highest BCUT2D eigenvalue weighted by atomic mass is 35.5. The third-order valence-corrected chi connectivity index (χ3v) is 7.37. The van der Waals surface area contributed by atoms with E-state index in [4.69, 9.17) is 22.1 Å². The van der Waals surface area contributed by atoms with Gasteiger partial charge >= 0.3 is 0 Å². The zero-order valence-electron chi connectivity index (χ0n) is 19.4. The van der Waals surface area contributed by atoms with Crippen LogP contribution in [0, 0.1) is 11.7 Å². The van der Waals surface area contributed by atoms with Crippen molar-refractivity contribution in [2.45, 2.75) is 59.2 Å². The number of fused-ring (bicyclic) bond motifs is 1. The zero-order chi connectivity index (χ0) is 23.6. The SMILES string of the molecule is CC(C)Cc1ncc(F)c2cc(Cn3c(Cl)ccc(N)c3=O)n(COCC[Si](C)(C)C)c12. The summed E-state index contributed by atoms with van der Waals surface area (Å²) in [6, 6.07) is 5.85. The second-order valence-electron chi connectivity index (χ2n) is 9.83. The maximum atomic E-state index is 14.8. The highest BCUT2D eigenvalue weighted by molar-refractivity contribution is 6.76. The summed E-state index contributed by atoms with van der Waals surface area (Å²) in [6.45, 7) is 12.1. The van der Waals surface area contributed by atoms with Gasteiger partial charge in [-0.1, -0.05) is 45.1 Å². The lowest BCUT2D eigenvalue weighted by Gasteiger charge is -2.18. The normalized spacial score (nSPS) is 12.2. The van der Waals surface area contributed by atoms with E-state index in [0.29, 0.717) is 35.5 Å². The molecule has 0 unspecified atom stereocenters. The van der Waals surface area contributed by atoms with Gasteiger partial charge in [-0.2, -0.15) is 0 Å². The van der Waals surface area contributed by atoms with E-state index in [1.165, 1.54) is 16.8 Å². The molecule has 2 N–H and O–H groups in total. The number of nitrogens with zero attached hydrogens (tertiary/aromatic N) is 3. The number of hydrogen-bond acceptors (Lipinski definition) is 4. The van der Waals surface area contributed by atoms with Gasteiger partial charge in [0.1, 0.15) is 11.9 Å². The van der Waals surface area contributed by atoms with Crippen LogP contribution < -0.4 is 11.3 Å². The quantitative estimate of drug-likeness (QED) is 0.263. The van der Waals surface area contributed by atoms with E-state index >= 15 is 0 Å².